The summed E-state index contributed by atoms with van der Waals surface area (Å²) in [6.45, 7) is 1.38. The van der Waals surface area contributed by atoms with Gasteiger partial charge in [-0.15, -0.1) is 0 Å². The first-order chi connectivity index (χ1) is 9.58. The zero-order valence-corrected chi connectivity index (χ0v) is 12.1. The minimum atomic E-state index is -3.81. The van der Waals surface area contributed by atoms with Gasteiger partial charge in [0, 0.05) is 18.7 Å². The Bertz CT molecular complexity index is 736. The van der Waals surface area contributed by atoms with Gasteiger partial charge >= 0.3 is 5.69 Å². The molecule has 1 aliphatic rings. The van der Waals surface area contributed by atoms with Crippen LogP contribution in [0.4, 0.5) is 10.1 Å². The highest BCUT2D eigenvalue weighted by Crippen LogP contribution is 2.32. The molecule has 1 aromatic rings. The van der Waals surface area contributed by atoms with Crippen LogP contribution in [-0.2, 0) is 15.6 Å². The van der Waals surface area contributed by atoms with E-state index >= 15 is 0 Å². The molecule has 10 heteroatoms. The molecule has 0 aromatic heterocycles. The quantitative estimate of drug-likeness (QED) is 0.617. The number of nitrogens with zero attached hydrogens (tertiary/aromatic N) is 2. The van der Waals surface area contributed by atoms with Gasteiger partial charge in [0.05, 0.1) is 16.2 Å². The maximum absolute atomic E-state index is 14.3. The maximum atomic E-state index is 14.3. The normalized spacial score (nSPS) is 24.5. The molecule has 1 aliphatic heterocycles. The number of sulfonamides is 1. The number of guanidine groups is 1. The highest BCUT2D eigenvalue weighted by molar-refractivity contribution is 7.89. The molecule has 1 aromatic carbocycles. The summed E-state index contributed by atoms with van der Waals surface area (Å²) in [5, 5.41) is 21.0. The summed E-state index contributed by atoms with van der Waals surface area (Å²) >= 11 is 0. The SMILES string of the molecule is CN1C(=N)N[C@](C)(c2cccc([N+](=O)[O-])c2F)CS1(=O)=O. The van der Waals surface area contributed by atoms with E-state index in [-0.39, 0.29) is 5.56 Å². The van der Waals surface area contributed by atoms with Crippen LogP contribution in [0.25, 0.3) is 0 Å². The molecule has 0 saturated carbocycles. The smallest absolute Gasteiger partial charge is 0.305 e. The fourth-order valence-corrected chi connectivity index (χ4v) is 3.68. The van der Waals surface area contributed by atoms with E-state index < -0.39 is 43.7 Å². The zero-order chi connectivity index (χ0) is 16.0. The summed E-state index contributed by atoms with van der Waals surface area (Å²) in [5.41, 5.74) is -2.37. The predicted octanol–water partition coefficient (Wildman–Crippen LogP) is 0.749. The highest BCUT2D eigenvalue weighted by atomic mass is 32.2. The Morgan fingerprint density at radius 2 is 2.14 bits per heavy atom. The first-order valence-corrected chi connectivity index (χ1v) is 7.46. The summed E-state index contributed by atoms with van der Waals surface area (Å²) in [6, 6.07) is 3.54. The van der Waals surface area contributed by atoms with Crippen molar-refractivity contribution in [3.8, 4) is 0 Å². The van der Waals surface area contributed by atoms with E-state index in [1.807, 2.05) is 0 Å². The van der Waals surface area contributed by atoms with Gasteiger partial charge in [-0.05, 0) is 6.92 Å². The van der Waals surface area contributed by atoms with E-state index in [0.29, 0.717) is 0 Å². The summed E-state index contributed by atoms with van der Waals surface area (Å²) < 4.78 is 39.0. The van der Waals surface area contributed by atoms with Crippen molar-refractivity contribution < 1.29 is 17.7 Å². The van der Waals surface area contributed by atoms with Crippen molar-refractivity contribution in [2.24, 2.45) is 0 Å². The van der Waals surface area contributed by atoms with E-state index in [4.69, 9.17) is 5.41 Å². The number of nitrogens with one attached hydrogen (secondary N) is 2. The molecule has 21 heavy (non-hydrogen) atoms. The Morgan fingerprint density at radius 3 is 2.67 bits per heavy atom. The van der Waals surface area contributed by atoms with Gasteiger partial charge in [0.25, 0.3) is 0 Å². The summed E-state index contributed by atoms with van der Waals surface area (Å²) in [7, 11) is -2.60. The lowest BCUT2D eigenvalue weighted by molar-refractivity contribution is -0.387. The van der Waals surface area contributed by atoms with Gasteiger partial charge in [0.15, 0.2) is 0 Å². The molecule has 0 amide bonds. The van der Waals surface area contributed by atoms with E-state index in [2.05, 4.69) is 5.32 Å². The van der Waals surface area contributed by atoms with Crippen LogP contribution < -0.4 is 5.32 Å². The molecule has 0 bridgehead atoms. The van der Waals surface area contributed by atoms with Crippen LogP contribution in [0, 0.1) is 21.3 Å². The third kappa shape index (κ3) is 2.42. The van der Waals surface area contributed by atoms with Crippen molar-refractivity contribution in [3.05, 3.63) is 39.7 Å². The number of nitro benzene ring substituents is 1. The zero-order valence-electron chi connectivity index (χ0n) is 11.3. The Kier molecular flexibility index (Phi) is 3.36. The molecule has 0 aliphatic carbocycles. The fourth-order valence-electron chi connectivity index (χ4n) is 2.21. The Hall–Kier alpha value is -2.23. The molecule has 1 saturated heterocycles. The van der Waals surface area contributed by atoms with Crippen LogP contribution in [-0.4, -0.2) is 36.4 Å². The third-order valence-electron chi connectivity index (χ3n) is 3.37. The molecule has 0 radical (unpaired) electrons. The molecule has 2 N–H and O–H groups in total. The van der Waals surface area contributed by atoms with Crippen LogP contribution in [0.2, 0.25) is 0 Å². The number of benzene rings is 1. The first-order valence-electron chi connectivity index (χ1n) is 5.85. The van der Waals surface area contributed by atoms with Crippen molar-refractivity contribution in [3.63, 3.8) is 0 Å². The van der Waals surface area contributed by atoms with E-state index in [1.165, 1.54) is 26.1 Å². The first kappa shape index (κ1) is 15.2. The molecule has 0 unspecified atom stereocenters. The standard InChI is InChI=1S/C11H13FN4O4S/c1-11(6-21(19,20)15(2)10(13)14-11)7-4-3-5-8(9(7)12)16(17)18/h3-5H,6H2,1-2H3,(H2,13,14)/t11-/m0/s1. The lowest BCUT2D eigenvalue weighted by Crippen LogP contribution is -2.61. The predicted molar refractivity (Wildman–Crippen MR) is 72.8 cm³/mol. The highest BCUT2D eigenvalue weighted by Gasteiger charge is 2.44. The van der Waals surface area contributed by atoms with Gasteiger partial charge in [-0.2, -0.15) is 4.39 Å². The average Bonchev–Trinajstić information content (AvgIpc) is 2.35. The average molecular weight is 316 g/mol. The minimum absolute atomic E-state index is 0.168. The van der Waals surface area contributed by atoms with Gasteiger partial charge in [-0.25, -0.2) is 12.7 Å². The minimum Gasteiger partial charge on any atom is -0.345 e. The fraction of sp³-hybridized carbons (Fsp3) is 0.364. The number of hydrogen-bond acceptors (Lipinski definition) is 5. The van der Waals surface area contributed by atoms with E-state index in [1.54, 1.807) is 0 Å². The van der Waals surface area contributed by atoms with Crippen molar-refractivity contribution in [1.82, 2.24) is 9.62 Å². The number of nitro groups is 1. The van der Waals surface area contributed by atoms with Crippen LogP contribution in [0.15, 0.2) is 18.2 Å². The molecular weight excluding hydrogens is 303 g/mol. The lowest BCUT2D eigenvalue weighted by Gasteiger charge is -2.40. The summed E-state index contributed by atoms with van der Waals surface area (Å²) in [5.74, 6) is -2.04. The van der Waals surface area contributed by atoms with Gasteiger partial charge in [-0.3, -0.25) is 15.5 Å². The molecular formula is C11H13FN4O4S. The van der Waals surface area contributed by atoms with E-state index in [0.717, 1.165) is 10.4 Å². The maximum Gasteiger partial charge on any atom is 0.305 e. The number of hydrogen-bond donors (Lipinski definition) is 2. The van der Waals surface area contributed by atoms with Crippen LogP contribution in [0.3, 0.4) is 0 Å². The molecule has 114 valence electrons. The summed E-state index contributed by atoms with van der Waals surface area (Å²) in [4.78, 5) is 9.90. The van der Waals surface area contributed by atoms with Crippen LogP contribution in [0.1, 0.15) is 12.5 Å². The molecule has 1 heterocycles. The molecule has 1 fully saturated rings. The van der Waals surface area contributed by atoms with E-state index in [9.17, 15) is 22.9 Å². The Balaban J connectivity index is 2.58. The Labute approximate surface area is 120 Å². The second-order valence-corrected chi connectivity index (χ2v) is 6.93. The third-order valence-corrected chi connectivity index (χ3v) is 5.33. The molecule has 0 spiro atoms. The van der Waals surface area contributed by atoms with Crippen molar-refractivity contribution in [1.29, 1.82) is 5.41 Å². The monoisotopic (exact) mass is 316 g/mol. The Morgan fingerprint density at radius 1 is 1.52 bits per heavy atom. The van der Waals surface area contributed by atoms with Crippen LogP contribution in [0.5, 0.6) is 0 Å². The largest absolute Gasteiger partial charge is 0.345 e. The number of rotatable bonds is 2. The van der Waals surface area contributed by atoms with Crippen molar-refractivity contribution >= 4 is 21.7 Å². The van der Waals surface area contributed by atoms with Gasteiger partial charge in [-0.1, -0.05) is 12.1 Å². The van der Waals surface area contributed by atoms with Gasteiger partial charge in [0.2, 0.25) is 21.8 Å². The molecule has 8 nitrogen and oxygen atoms in total. The van der Waals surface area contributed by atoms with Gasteiger partial charge < -0.3 is 5.32 Å². The van der Waals surface area contributed by atoms with Crippen LogP contribution >= 0.6 is 0 Å². The number of halogens is 1. The van der Waals surface area contributed by atoms with Crippen molar-refractivity contribution in [2.75, 3.05) is 12.8 Å². The molecule has 1 atom stereocenters. The second kappa shape index (κ2) is 4.65. The topological polar surface area (TPSA) is 116 Å². The second-order valence-electron chi connectivity index (χ2n) is 4.93. The van der Waals surface area contributed by atoms with Crippen molar-refractivity contribution in [2.45, 2.75) is 12.5 Å². The lowest BCUT2D eigenvalue weighted by atomic mass is 9.93. The summed E-state index contributed by atoms with van der Waals surface area (Å²) in [6.07, 6.45) is 0. The molecule has 2 rings (SSSR count). The van der Waals surface area contributed by atoms with Gasteiger partial charge in [0.1, 0.15) is 0 Å².